The number of nitrogens with two attached hydrogens (primary N) is 1. The van der Waals surface area contributed by atoms with Gasteiger partial charge in [0.2, 0.25) is 11.7 Å². The number of allylic oxidation sites excluding steroid dienone is 3. The van der Waals surface area contributed by atoms with Gasteiger partial charge in [-0.2, -0.15) is 5.26 Å². The Bertz CT molecular complexity index is 1380. The molecule has 0 spiro atoms. The molecule has 0 aromatic heterocycles. The van der Waals surface area contributed by atoms with Crippen LogP contribution in [0.5, 0.6) is 11.5 Å². The lowest BCUT2D eigenvalue weighted by atomic mass is 9.75. The lowest BCUT2D eigenvalue weighted by Gasteiger charge is -2.31. The van der Waals surface area contributed by atoms with Gasteiger partial charge in [-0.3, -0.25) is 9.59 Å². The standard InChI is InChI=1S/C26H16N2O4/c27-14-20-21(15-7-6-10-17(13-15)31-16-8-2-1-3-9-16)22-23(29)18-11-4-5-12-19(18)24(30)25(22)32-26(20)28/h1-13,21H,28H2/t21-/m1/s1. The Hall–Kier alpha value is -4.63. The fourth-order valence-electron chi connectivity index (χ4n) is 4.02. The third-order valence-corrected chi connectivity index (χ3v) is 5.46. The first-order valence-electron chi connectivity index (χ1n) is 9.91. The SMILES string of the molecule is N#CC1=C(N)OC2=C(C(=O)c3ccccc3C2=O)[C@@H]1c1cccc(Oc2ccccc2)c1. The molecule has 0 amide bonds. The first-order valence-corrected chi connectivity index (χ1v) is 9.91. The number of ether oxygens (including phenoxy) is 2. The number of rotatable bonds is 3. The van der Waals surface area contributed by atoms with E-state index in [1.165, 1.54) is 0 Å². The highest BCUT2D eigenvalue weighted by atomic mass is 16.5. The monoisotopic (exact) mass is 420 g/mol. The zero-order chi connectivity index (χ0) is 22.2. The molecule has 6 heteroatoms. The molecule has 1 heterocycles. The number of hydrogen-bond acceptors (Lipinski definition) is 6. The summed E-state index contributed by atoms with van der Waals surface area (Å²) in [6.07, 6.45) is 0. The van der Waals surface area contributed by atoms with Crippen LogP contribution in [0.3, 0.4) is 0 Å². The zero-order valence-electron chi connectivity index (χ0n) is 16.7. The van der Waals surface area contributed by atoms with Crippen LogP contribution in [0, 0.1) is 11.3 Å². The van der Waals surface area contributed by atoms with Crippen LogP contribution >= 0.6 is 0 Å². The van der Waals surface area contributed by atoms with Gasteiger partial charge < -0.3 is 15.2 Å². The summed E-state index contributed by atoms with van der Waals surface area (Å²) in [5.74, 6) is -0.812. The van der Waals surface area contributed by atoms with Crippen molar-refractivity contribution in [1.29, 1.82) is 5.26 Å². The van der Waals surface area contributed by atoms with E-state index in [2.05, 4.69) is 6.07 Å². The number of Topliss-reactive ketones (excluding diaryl/α,β-unsaturated/α-hetero) is 2. The van der Waals surface area contributed by atoms with E-state index in [0.717, 1.165) is 0 Å². The van der Waals surface area contributed by atoms with E-state index in [4.69, 9.17) is 15.2 Å². The number of para-hydroxylation sites is 1. The smallest absolute Gasteiger partial charge is 0.229 e. The van der Waals surface area contributed by atoms with Gasteiger partial charge in [0, 0.05) is 11.1 Å². The molecule has 1 aliphatic heterocycles. The molecule has 2 N–H and O–H groups in total. The van der Waals surface area contributed by atoms with E-state index in [1.54, 1.807) is 48.5 Å². The highest BCUT2D eigenvalue weighted by Crippen LogP contribution is 2.44. The Morgan fingerprint density at radius 2 is 1.50 bits per heavy atom. The van der Waals surface area contributed by atoms with Gasteiger partial charge >= 0.3 is 0 Å². The Balaban J connectivity index is 1.64. The lowest BCUT2D eigenvalue weighted by molar-refractivity contribution is 0.0897. The van der Waals surface area contributed by atoms with Crippen LogP contribution < -0.4 is 10.5 Å². The van der Waals surface area contributed by atoms with Crippen molar-refractivity contribution in [2.24, 2.45) is 5.73 Å². The van der Waals surface area contributed by atoms with Gasteiger partial charge in [-0.05, 0) is 29.8 Å². The quantitative estimate of drug-likeness (QED) is 0.663. The van der Waals surface area contributed by atoms with Gasteiger partial charge in [0.1, 0.15) is 23.1 Å². The number of ketones is 2. The summed E-state index contributed by atoms with van der Waals surface area (Å²) in [6, 6.07) is 24.9. The van der Waals surface area contributed by atoms with Crippen LogP contribution in [0.4, 0.5) is 0 Å². The van der Waals surface area contributed by atoms with Crippen molar-refractivity contribution in [1.82, 2.24) is 0 Å². The molecule has 0 bridgehead atoms. The van der Waals surface area contributed by atoms with Crippen LogP contribution in [0.1, 0.15) is 32.2 Å². The van der Waals surface area contributed by atoms with E-state index in [1.807, 2.05) is 30.3 Å². The topological polar surface area (TPSA) is 102 Å². The van der Waals surface area contributed by atoms with Crippen LogP contribution in [0.25, 0.3) is 0 Å². The van der Waals surface area contributed by atoms with E-state index >= 15 is 0 Å². The predicted octanol–water partition coefficient (Wildman–Crippen LogP) is 4.62. The van der Waals surface area contributed by atoms with Gasteiger partial charge in [0.05, 0.1) is 11.5 Å². The van der Waals surface area contributed by atoms with E-state index in [-0.39, 0.29) is 39.7 Å². The molecule has 0 radical (unpaired) electrons. The number of carbonyl (C=O) groups excluding carboxylic acids is 2. The molecule has 154 valence electrons. The first kappa shape index (κ1) is 19.3. The molecular weight excluding hydrogens is 404 g/mol. The summed E-state index contributed by atoms with van der Waals surface area (Å²) in [4.78, 5) is 26.5. The Morgan fingerprint density at radius 1 is 0.844 bits per heavy atom. The van der Waals surface area contributed by atoms with Crippen molar-refractivity contribution in [3.63, 3.8) is 0 Å². The minimum absolute atomic E-state index is 0.0705. The minimum atomic E-state index is -0.854. The van der Waals surface area contributed by atoms with Crippen LogP contribution in [-0.2, 0) is 4.74 Å². The highest BCUT2D eigenvalue weighted by molar-refractivity contribution is 6.27. The van der Waals surface area contributed by atoms with Gasteiger partial charge in [0.15, 0.2) is 11.5 Å². The predicted molar refractivity (Wildman–Crippen MR) is 116 cm³/mol. The molecule has 1 atom stereocenters. The van der Waals surface area contributed by atoms with Crippen LogP contribution in [0.2, 0.25) is 0 Å². The molecule has 5 rings (SSSR count). The number of nitrogens with zero attached hydrogens (tertiary/aromatic N) is 1. The molecule has 1 aliphatic carbocycles. The Labute approximate surface area is 183 Å². The van der Waals surface area contributed by atoms with Crippen molar-refractivity contribution in [3.8, 4) is 17.6 Å². The zero-order valence-corrected chi connectivity index (χ0v) is 16.7. The highest BCUT2D eigenvalue weighted by Gasteiger charge is 2.43. The summed E-state index contributed by atoms with van der Waals surface area (Å²) in [5.41, 5.74) is 7.32. The summed E-state index contributed by atoms with van der Waals surface area (Å²) < 4.78 is 11.4. The Kier molecular flexibility index (Phi) is 4.57. The third kappa shape index (κ3) is 3.04. The van der Waals surface area contributed by atoms with Crippen molar-refractivity contribution in [2.75, 3.05) is 0 Å². The summed E-state index contributed by atoms with van der Waals surface area (Å²) in [5, 5.41) is 9.82. The maximum absolute atomic E-state index is 13.4. The second kappa shape index (κ2) is 7.56. The number of hydrogen-bond donors (Lipinski definition) is 1. The first-order chi connectivity index (χ1) is 15.6. The average molecular weight is 420 g/mol. The number of fused-ring (bicyclic) bond motifs is 1. The Morgan fingerprint density at radius 3 is 2.22 bits per heavy atom. The molecule has 0 saturated carbocycles. The molecule has 0 unspecified atom stereocenters. The average Bonchev–Trinajstić information content (AvgIpc) is 2.82. The van der Waals surface area contributed by atoms with Gasteiger partial charge in [-0.25, -0.2) is 0 Å². The van der Waals surface area contributed by atoms with Gasteiger partial charge in [-0.15, -0.1) is 0 Å². The number of carbonyl (C=O) groups is 2. The van der Waals surface area contributed by atoms with Gasteiger partial charge in [0.25, 0.3) is 0 Å². The summed E-state index contributed by atoms with van der Waals surface area (Å²) >= 11 is 0. The largest absolute Gasteiger partial charge is 0.457 e. The maximum Gasteiger partial charge on any atom is 0.229 e. The molecule has 6 nitrogen and oxygen atoms in total. The number of nitriles is 1. The molecule has 3 aromatic rings. The third-order valence-electron chi connectivity index (χ3n) is 5.46. The minimum Gasteiger partial charge on any atom is -0.457 e. The second-order valence-electron chi connectivity index (χ2n) is 7.36. The van der Waals surface area contributed by atoms with E-state index in [0.29, 0.717) is 17.1 Å². The van der Waals surface area contributed by atoms with Crippen molar-refractivity contribution < 1.29 is 19.1 Å². The molecule has 0 saturated heterocycles. The normalized spacial score (nSPS) is 17.3. The van der Waals surface area contributed by atoms with Crippen molar-refractivity contribution in [2.45, 2.75) is 5.92 Å². The maximum atomic E-state index is 13.4. The second-order valence-corrected chi connectivity index (χ2v) is 7.36. The fraction of sp³-hybridized carbons (Fsp3) is 0.0385. The van der Waals surface area contributed by atoms with E-state index in [9.17, 15) is 14.9 Å². The lowest BCUT2D eigenvalue weighted by Crippen LogP contribution is -2.32. The molecule has 0 fully saturated rings. The fourth-order valence-corrected chi connectivity index (χ4v) is 4.02. The van der Waals surface area contributed by atoms with Crippen molar-refractivity contribution in [3.05, 3.63) is 118 Å². The molecule has 2 aliphatic rings. The van der Waals surface area contributed by atoms with Gasteiger partial charge in [-0.1, -0.05) is 54.6 Å². The molecular formula is C26H16N2O4. The molecule has 3 aromatic carbocycles. The van der Waals surface area contributed by atoms with E-state index < -0.39 is 11.7 Å². The number of benzene rings is 3. The van der Waals surface area contributed by atoms with Crippen LogP contribution in [0.15, 0.2) is 102 Å². The summed E-state index contributed by atoms with van der Waals surface area (Å²) in [7, 11) is 0. The summed E-state index contributed by atoms with van der Waals surface area (Å²) in [6.45, 7) is 0. The van der Waals surface area contributed by atoms with Crippen molar-refractivity contribution >= 4 is 11.6 Å². The van der Waals surface area contributed by atoms with Crippen LogP contribution in [-0.4, -0.2) is 11.6 Å². The molecule has 32 heavy (non-hydrogen) atoms.